The number of alkyl halides is 1. The van der Waals surface area contributed by atoms with E-state index in [1.54, 1.807) is 18.9 Å². The molecule has 0 bridgehead atoms. The highest BCUT2D eigenvalue weighted by atomic mass is 19.1. The van der Waals surface area contributed by atoms with E-state index in [1.807, 2.05) is 0 Å². The molecule has 4 heteroatoms. The normalized spacial score (nSPS) is 29.4. The molecule has 12 heavy (non-hydrogen) atoms. The lowest BCUT2D eigenvalue weighted by Crippen LogP contribution is -2.37. The fourth-order valence-corrected chi connectivity index (χ4v) is 1.40. The molecule has 3 nitrogen and oxygen atoms in total. The van der Waals surface area contributed by atoms with E-state index >= 15 is 0 Å². The van der Waals surface area contributed by atoms with Gasteiger partial charge in [-0.3, -0.25) is 4.79 Å². The minimum Gasteiger partial charge on any atom is -0.338 e. The molecule has 1 fully saturated rings. The summed E-state index contributed by atoms with van der Waals surface area (Å²) in [4.78, 5) is 12.8. The van der Waals surface area contributed by atoms with Crippen LogP contribution in [0.3, 0.4) is 0 Å². The Morgan fingerprint density at radius 1 is 1.75 bits per heavy atom. The fraction of sp³-hybridized carbons (Fsp3) is 0.875. The van der Waals surface area contributed by atoms with Gasteiger partial charge < -0.3 is 10.2 Å². The van der Waals surface area contributed by atoms with Gasteiger partial charge in [0.2, 0.25) is 5.91 Å². The van der Waals surface area contributed by atoms with Gasteiger partial charge in [0.15, 0.2) is 0 Å². The minimum absolute atomic E-state index is 0.0149. The molecule has 1 aliphatic rings. The molecule has 1 rings (SSSR count). The molecule has 70 valence electrons. The van der Waals surface area contributed by atoms with E-state index in [4.69, 9.17) is 0 Å². The minimum atomic E-state index is -1.18. The summed E-state index contributed by atoms with van der Waals surface area (Å²) in [6, 6.07) is 0. The SMILES string of the molecule is CNCC(=O)N1CCC(C)(F)C1. The number of likely N-dealkylation sites (tertiary alicyclic amines) is 1. The summed E-state index contributed by atoms with van der Waals surface area (Å²) in [5.74, 6) is -0.0149. The maximum Gasteiger partial charge on any atom is 0.236 e. The summed E-state index contributed by atoms with van der Waals surface area (Å²) < 4.78 is 13.2. The summed E-state index contributed by atoms with van der Waals surface area (Å²) >= 11 is 0. The zero-order valence-corrected chi connectivity index (χ0v) is 7.56. The molecule has 1 saturated heterocycles. The molecule has 0 aromatic carbocycles. The number of nitrogens with one attached hydrogen (secondary N) is 1. The van der Waals surface area contributed by atoms with Crippen LogP contribution >= 0.6 is 0 Å². The van der Waals surface area contributed by atoms with E-state index in [9.17, 15) is 9.18 Å². The van der Waals surface area contributed by atoms with E-state index in [0.717, 1.165) is 0 Å². The smallest absolute Gasteiger partial charge is 0.236 e. The maximum atomic E-state index is 13.2. The first-order valence-electron chi connectivity index (χ1n) is 4.16. The van der Waals surface area contributed by atoms with Crippen molar-refractivity contribution in [3.63, 3.8) is 0 Å². The zero-order valence-electron chi connectivity index (χ0n) is 7.56. The number of nitrogens with zero attached hydrogens (tertiary/aromatic N) is 1. The average Bonchev–Trinajstić information content (AvgIpc) is 2.31. The van der Waals surface area contributed by atoms with Gasteiger partial charge in [-0.15, -0.1) is 0 Å². The third kappa shape index (κ3) is 2.17. The standard InChI is InChI=1S/C8H15FN2O/c1-8(9)3-4-11(6-8)7(12)5-10-2/h10H,3-6H2,1-2H3. The Balaban J connectivity index is 2.41. The molecule has 1 atom stereocenters. The number of hydrogen-bond donors (Lipinski definition) is 1. The van der Waals surface area contributed by atoms with Gasteiger partial charge in [0.25, 0.3) is 0 Å². The monoisotopic (exact) mass is 174 g/mol. The van der Waals surface area contributed by atoms with E-state index in [2.05, 4.69) is 5.32 Å². The average molecular weight is 174 g/mol. The topological polar surface area (TPSA) is 32.3 Å². The Hall–Kier alpha value is -0.640. The predicted molar refractivity (Wildman–Crippen MR) is 44.6 cm³/mol. The lowest BCUT2D eigenvalue weighted by atomic mass is 10.1. The summed E-state index contributed by atoms with van der Waals surface area (Å²) in [5.41, 5.74) is -1.18. The van der Waals surface area contributed by atoms with Crippen molar-refractivity contribution in [2.45, 2.75) is 19.0 Å². The van der Waals surface area contributed by atoms with Crippen LogP contribution in [0, 0.1) is 0 Å². The number of halogens is 1. The van der Waals surface area contributed by atoms with Crippen molar-refractivity contribution in [2.24, 2.45) is 0 Å². The molecular formula is C8H15FN2O. The van der Waals surface area contributed by atoms with Gasteiger partial charge in [-0.05, 0) is 14.0 Å². The van der Waals surface area contributed by atoms with Crippen molar-refractivity contribution in [2.75, 3.05) is 26.7 Å². The number of amides is 1. The predicted octanol–water partition coefficient (Wildman–Crippen LogP) is 0.166. The molecule has 1 aliphatic heterocycles. The first kappa shape index (κ1) is 9.45. The first-order chi connectivity index (χ1) is 5.55. The summed E-state index contributed by atoms with van der Waals surface area (Å²) in [6.07, 6.45) is 0.461. The van der Waals surface area contributed by atoms with Crippen molar-refractivity contribution in [3.05, 3.63) is 0 Å². The van der Waals surface area contributed by atoms with E-state index in [0.29, 0.717) is 19.5 Å². The van der Waals surface area contributed by atoms with Crippen LogP contribution in [0.2, 0.25) is 0 Å². The number of rotatable bonds is 2. The van der Waals surface area contributed by atoms with Crippen LogP contribution in [0.4, 0.5) is 4.39 Å². The first-order valence-corrected chi connectivity index (χ1v) is 4.16. The van der Waals surface area contributed by atoms with Crippen LogP contribution in [0.25, 0.3) is 0 Å². The van der Waals surface area contributed by atoms with E-state index in [-0.39, 0.29) is 12.5 Å². The fourth-order valence-electron chi connectivity index (χ4n) is 1.40. The highest BCUT2D eigenvalue weighted by Crippen LogP contribution is 2.24. The van der Waals surface area contributed by atoms with E-state index in [1.165, 1.54) is 0 Å². The molecule has 0 aromatic rings. The van der Waals surface area contributed by atoms with Gasteiger partial charge in [-0.2, -0.15) is 0 Å². The van der Waals surface area contributed by atoms with Crippen LogP contribution in [-0.4, -0.2) is 43.2 Å². The number of likely N-dealkylation sites (N-methyl/N-ethyl adjacent to an activating group) is 1. The van der Waals surface area contributed by atoms with Crippen molar-refractivity contribution >= 4 is 5.91 Å². The Labute approximate surface area is 71.9 Å². The van der Waals surface area contributed by atoms with Crippen molar-refractivity contribution < 1.29 is 9.18 Å². The molecule has 0 aliphatic carbocycles. The second-order valence-corrected chi connectivity index (χ2v) is 3.51. The number of carbonyl (C=O) groups is 1. The van der Waals surface area contributed by atoms with Gasteiger partial charge in [0, 0.05) is 13.0 Å². The molecule has 1 amide bonds. The molecule has 1 unspecified atom stereocenters. The summed E-state index contributed by atoms with van der Waals surface area (Å²) in [6.45, 7) is 2.64. The van der Waals surface area contributed by atoms with Crippen LogP contribution < -0.4 is 5.32 Å². The van der Waals surface area contributed by atoms with Gasteiger partial charge >= 0.3 is 0 Å². The Morgan fingerprint density at radius 2 is 2.42 bits per heavy atom. The molecular weight excluding hydrogens is 159 g/mol. The third-order valence-electron chi connectivity index (χ3n) is 2.10. The van der Waals surface area contributed by atoms with Gasteiger partial charge in [-0.1, -0.05) is 0 Å². The van der Waals surface area contributed by atoms with Crippen LogP contribution in [-0.2, 0) is 4.79 Å². The largest absolute Gasteiger partial charge is 0.338 e. The van der Waals surface area contributed by atoms with Gasteiger partial charge in [0.05, 0.1) is 13.1 Å². The second kappa shape index (κ2) is 3.39. The zero-order chi connectivity index (χ0) is 9.19. The van der Waals surface area contributed by atoms with Crippen molar-refractivity contribution in [3.8, 4) is 0 Å². The quantitative estimate of drug-likeness (QED) is 0.647. The van der Waals surface area contributed by atoms with Crippen LogP contribution in [0.1, 0.15) is 13.3 Å². The van der Waals surface area contributed by atoms with Gasteiger partial charge in [-0.25, -0.2) is 4.39 Å². The maximum absolute atomic E-state index is 13.2. The van der Waals surface area contributed by atoms with E-state index < -0.39 is 5.67 Å². The molecule has 0 spiro atoms. The summed E-state index contributed by atoms with van der Waals surface area (Å²) in [7, 11) is 1.71. The molecule has 0 aromatic heterocycles. The highest BCUT2D eigenvalue weighted by molar-refractivity contribution is 5.78. The lowest BCUT2D eigenvalue weighted by molar-refractivity contribution is -0.129. The number of carbonyl (C=O) groups excluding carboxylic acids is 1. The Kier molecular flexibility index (Phi) is 2.67. The number of hydrogen-bond acceptors (Lipinski definition) is 2. The Bertz CT molecular complexity index is 182. The van der Waals surface area contributed by atoms with Crippen molar-refractivity contribution in [1.82, 2.24) is 10.2 Å². The molecule has 1 N–H and O–H groups in total. The summed E-state index contributed by atoms with van der Waals surface area (Å²) in [5, 5.41) is 2.76. The lowest BCUT2D eigenvalue weighted by Gasteiger charge is -2.17. The van der Waals surface area contributed by atoms with Crippen LogP contribution in [0.15, 0.2) is 0 Å². The molecule has 0 radical (unpaired) electrons. The Morgan fingerprint density at radius 3 is 2.83 bits per heavy atom. The van der Waals surface area contributed by atoms with Gasteiger partial charge in [0.1, 0.15) is 5.67 Å². The second-order valence-electron chi connectivity index (χ2n) is 3.51. The molecule has 1 heterocycles. The van der Waals surface area contributed by atoms with Crippen LogP contribution in [0.5, 0.6) is 0 Å². The third-order valence-corrected chi connectivity index (χ3v) is 2.10. The van der Waals surface area contributed by atoms with Crippen molar-refractivity contribution in [1.29, 1.82) is 0 Å². The highest BCUT2D eigenvalue weighted by Gasteiger charge is 2.35. The molecule has 0 saturated carbocycles.